The summed E-state index contributed by atoms with van der Waals surface area (Å²) in [4.78, 5) is 14.9. The third-order valence-electron chi connectivity index (χ3n) is 4.81. The van der Waals surface area contributed by atoms with E-state index in [1.54, 1.807) is 6.26 Å². The van der Waals surface area contributed by atoms with Crippen LogP contribution in [-0.4, -0.2) is 40.2 Å². The molecule has 1 saturated heterocycles. The summed E-state index contributed by atoms with van der Waals surface area (Å²) in [6.07, 6.45) is 6.62. The van der Waals surface area contributed by atoms with Gasteiger partial charge in [-0.2, -0.15) is 5.10 Å². The van der Waals surface area contributed by atoms with E-state index < -0.39 is 0 Å². The van der Waals surface area contributed by atoms with E-state index in [9.17, 15) is 4.79 Å². The molecule has 130 valence electrons. The third-order valence-corrected chi connectivity index (χ3v) is 4.81. The van der Waals surface area contributed by atoms with Crippen LogP contribution >= 0.6 is 0 Å². The standard InChI is InChI=1S/C19H22N4O2/c1-22-10-15(9-21-22)12-23-7-6-14(11-23)8-20-19(24)17-13-25-18-5-3-2-4-16(17)18/h2-5,9-10,13-14H,6-8,11-12H2,1H3,(H,20,24)/t14-/m0/s1. The van der Waals surface area contributed by atoms with Crippen LogP contribution in [0.2, 0.25) is 0 Å². The van der Waals surface area contributed by atoms with Gasteiger partial charge in [-0.15, -0.1) is 0 Å². The quantitative estimate of drug-likeness (QED) is 0.776. The number of aryl methyl sites for hydroxylation is 1. The van der Waals surface area contributed by atoms with Crippen molar-refractivity contribution in [2.45, 2.75) is 13.0 Å². The van der Waals surface area contributed by atoms with Gasteiger partial charge in [0.1, 0.15) is 11.8 Å². The molecule has 1 aliphatic rings. The number of carbonyl (C=O) groups is 1. The molecule has 3 heterocycles. The summed E-state index contributed by atoms with van der Waals surface area (Å²) < 4.78 is 7.28. The molecule has 1 aliphatic heterocycles. The van der Waals surface area contributed by atoms with Gasteiger partial charge in [0, 0.05) is 43.8 Å². The van der Waals surface area contributed by atoms with E-state index in [-0.39, 0.29) is 5.91 Å². The fourth-order valence-corrected chi connectivity index (χ4v) is 3.52. The van der Waals surface area contributed by atoms with Gasteiger partial charge in [0.25, 0.3) is 5.91 Å². The van der Waals surface area contributed by atoms with Crippen LogP contribution in [0.3, 0.4) is 0 Å². The molecule has 1 N–H and O–H groups in total. The zero-order valence-electron chi connectivity index (χ0n) is 14.3. The molecule has 0 saturated carbocycles. The first kappa shape index (κ1) is 15.9. The van der Waals surface area contributed by atoms with Gasteiger partial charge >= 0.3 is 0 Å². The predicted molar refractivity (Wildman–Crippen MR) is 95.1 cm³/mol. The molecule has 25 heavy (non-hydrogen) atoms. The zero-order chi connectivity index (χ0) is 17.2. The monoisotopic (exact) mass is 338 g/mol. The second-order valence-corrected chi connectivity index (χ2v) is 6.77. The van der Waals surface area contributed by atoms with Crippen molar-refractivity contribution in [2.75, 3.05) is 19.6 Å². The number of hydrogen-bond donors (Lipinski definition) is 1. The third kappa shape index (κ3) is 3.44. The maximum absolute atomic E-state index is 12.5. The minimum Gasteiger partial charge on any atom is -0.463 e. The van der Waals surface area contributed by atoms with E-state index in [0.717, 1.165) is 37.0 Å². The predicted octanol–water partition coefficient (Wildman–Crippen LogP) is 2.42. The Bertz CT molecular complexity index is 882. The van der Waals surface area contributed by atoms with Crippen molar-refractivity contribution in [1.82, 2.24) is 20.0 Å². The number of benzene rings is 1. The normalized spacial score (nSPS) is 18.0. The Morgan fingerprint density at radius 2 is 2.28 bits per heavy atom. The van der Waals surface area contributed by atoms with E-state index in [1.807, 2.05) is 42.2 Å². The van der Waals surface area contributed by atoms with Crippen LogP contribution in [0.15, 0.2) is 47.3 Å². The lowest BCUT2D eigenvalue weighted by molar-refractivity contribution is 0.0948. The highest BCUT2D eigenvalue weighted by atomic mass is 16.3. The van der Waals surface area contributed by atoms with Gasteiger partial charge in [-0.05, 0) is 24.9 Å². The van der Waals surface area contributed by atoms with E-state index in [0.29, 0.717) is 18.0 Å². The van der Waals surface area contributed by atoms with Gasteiger partial charge in [0.2, 0.25) is 0 Å². The zero-order valence-corrected chi connectivity index (χ0v) is 14.3. The molecule has 0 radical (unpaired) electrons. The van der Waals surface area contributed by atoms with Gasteiger partial charge < -0.3 is 9.73 Å². The minimum atomic E-state index is -0.0596. The first-order valence-corrected chi connectivity index (χ1v) is 8.63. The Balaban J connectivity index is 1.31. The van der Waals surface area contributed by atoms with Crippen LogP contribution in [-0.2, 0) is 13.6 Å². The lowest BCUT2D eigenvalue weighted by Crippen LogP contribution is -2.30. The summed E-state index contributed by atoms with van der Waals surface area (Å²) in [5.74, 6) is 0.425. The molecule has 1 aromatic carbocycles. The smallest absolute Gasteiger partial charge is 0.255 e. The van der Waals surface area contributed by atoms with Gasteiger partial charge in [0.05, 0.1) is 11.8 Å². The highest BCUT2D eigenvalue weighted by molar-refractivity contribution is 6.05. The number of furan rings is 1. The Labute approximate surface area is 146 Å². The van der Waals surface area contributed by atoms with E-state index in [2.05, 4.69) is 21.5 Å². The molecule has 0 bridgehead atoms. The summed E-state index contributed by atoms with van der Waals surface area (Å²) >= 11 is 0. The molecule has 1 amide bonds. The van der Waals surface area contributed by atoms with Crippen molar-refractivity contribution < 1.29 is 9.21 Å². The van der Waals surface area contributed by atoms with Crippen LogP contribution in [0.1, 0.15) is 22.3 Å². The maximum Gasteiger partial charge on any atom is 0.255 e. The summed E-state index contributed by atoms with van der Waals surface area (Å²) in [5, 5.41) is 8.15. The number of likely N-dealkylation sites (tertiary alicyclic amines) is 1. The van der Waals surface area contributed by atoms with Crippen molar-refractivity contribution >= 4 is 16.9 Å². The highest BCUT2D eigenvalue weighted by Crippen LogP contribution is 2.21. The van der Waals surface area contributed by atoms with Crippen LogP contribution in [0.5, 0.6) is 0 Å². The Morgan fingerprint density at radius 1 is 1.40 bits per heavy atom. The van der Waals surface area contributed by atoms with Gasteiger partial charge in [-0.3, -0.25) is 14.4 Å². The topological polar surface area (TPSA) is 63.3 Å². The van der Waals surface area contributed by atoms with Gasteiger partial charge in [-0.1, -0.05) is 18.2 Å². The van der Waals surface area contributed by atoms with Crippen molar-refractivity contribution in [3.8, 4) is 0 Å². The summed E-state index contributed by atoms with van der Waals surface area (Å²) in [6, 6.07) is 7.61. The molecular weight excluding hydrogens is 316 g/mol. The minimum absolute atomic E-state index is 0.0596. The van der Waals surface area contributed by atoms with Crippen molar-refractivity contribution in [3.63, 3.8) is 0 Å². The molecule has 0 aliphatic carbocycles. The molecule has 0 spiro atoms. The Morgan fingerprint density at radius 3 is 3.12 bits per heavy atom. The SMILES string of the molecule is Cn1cc(CN2CC[C@@H](CNC(=O)c3coc4ccccc34)C2)cn1. The lowest BCUT2D eigenvalue weighted by atomic mass is 10.1. The number of hydrogen-bond acceptors (Lipinski definition) is 4. The van der Waals surface area contributed by atoms with Crippen LogP contribution in [0.25, 0.3) is 11.0 Å². The van der Waals surface area contributed by atoms with Crippen molar-refractivity contribution in [1.29, 1.82) is 0 Å². The summed E-state index contributed by atoms with van der Waals surface area (Å²) in [5.41, 5.74) is 2.59. The van der Waals surface area contributed by atoms with E-state index in [4.69, 9.17) is 4.42 Å². The van der Waals surface area contributed by atoms with Gasteiger partial charge in [0.15, 0.2) is 0 Å². The molecule has 6 nitrogen and oxygen atoms in total. The second-order valence-electron chi connectivity index (χ2n) is 6.77. The van der Waals surface area contributed by atoms with E-state index >= 15 is 0 Å². The average molecular weight is 338 g/mol. The number of para-hydroxylation sites is 1. The molecule has 0 unspecified atom stereocenters. The van der Waals surface area contributed by atoms with Gasteiger partial charge in [-0.25, -0.2) is 0 Å². The lowest BCUT2D eigenvalue weighted by Gasteiger charge is -2.15. The van der Waals surface area contributed by atoms with Crippen LogP contribution < -0.4 is 5.32 Å². The number of aromatic nitrogens is 2. The summed E-state index contributed by atoms with van der Waals surface area (Å²) in [7, 11) is 1.94. The fourth-order valence-electron chi connectivity index (χ4n) is 3.52. The molecule has 4 rings (SSSR count). The van der Waals surface area contributed by atoms with Crippen molar-refractivity contribution in [2.24, 2.45) is 13.0 Å². The molecule has 1 atom stereocenters. The average Bonchev–Trinajstić information content (AvgIpc) is 3.33. The number of amides is 1. The number of fused-ring (bicyclic) bond motifs is 1. The largest absolute Gasteiger partial charge is 0.463 e. The van der Waals surface area contributed by atoms with Crippen LogP contribution in [0.4, 0.5) is 0 Å². The maximum atomic E-state index is 12.5. The first-order valence-electron chi connectivity index (χ1n) is 8.63. The van der Waals surface area contributed by atoms with E-state index in [1.165, 1.54) is 5.56 Å². The molecule has 2 aromatic heterocycles. The molecule has 3 aromatic rings. The van der Waals surface area contributed by atoms with Crippen LogP contribution in [0, 0.1) is 5.92 Å². The number of rotatable bonds is 5. The Kier molecular flexibility index (Phi) is 4.28. The fraction of sp³-hybridized carbons (Fsp3) is 0.368. The number of nitrogens with zero attached hydrogens (tertiary/aromatic N) is 3. The second kappa shape index (κ2) is 6.72. The molecule has 6 heteroatoms. The number of carbonyl (C=O) groups excluding carboxylic acids is 1. The molecule has 1 fully saturated rings. The molecular formula is C19H22N4O2. The first-order chi connectivity index (χ1) is 12.2. The highest BCUT2D eigenvalue weighted by Gasteiger charge is 2.24. The van der Waals surface area contributed by atoms with Crippen molar-refractivity contribution in [3.05, 3.63) is 54.0 Å². The summed E-state index contributed by atoms with van der Waals surface area (Å²) in [6.45, 7) is 3.68. The number of nitrogens with one attached hydrogen (secondary N) is 1. The Hall–Kier alpha value is -2.60.